The quantitative estimate of drug-likeness (QED) is 0.245. The Balaban J connectivity index is 1.75. The van der Waals surface area contributed by atoms with Crippen molar-refractivity contribution in [3.63, 3.8) is 0 Å². The Morgan fingerprint density at radius 2 is 1.80 bits per heavy atom. The molecule has 0 aromatic heterocycles. The van der Waals surface area contributed by atoms with Gasteiger partial charge in [-0.25, -0.2) is 4.79 Å². The maximum absolute atomic E-state index is 13.5. The lowest BCUT2D eigenvalue weighted by Gasteiger charge is -2.38. The molecule has 2 aromatic carbocycles. The zero-order valence-corrected chi connectivity index (χ0v) is 20.6. The second-order valence-electron chi connectivity index (χ2n) is 8.72. The van der Waals surface area contributed by atoms with Crippen LogP contribution in [0.15, 0.2) is 24.3 Å². The van der Waals surface area contributed by atoms with Gasteiger partial charge in [-0.1, -0.05) is 0 Å². The smallest absolute Gasteiger partial charge is 0.361 e. The number of likely N-dealkylation sites (N-methyl/N-ethyl adjacent to an activating group) is 1. The van der Waals surface area contributed by atoms with Gasteiger partial charge in [-0.05, 0) is 29.8 Å². The number of hydrogen-bond donors (Lipinski definition) is 0. The molecule has 0 amide bonds. The first kappa shape index (κ1) is 24.4. The molecule has 186 valence electrons. The van der Waals surface area contributed by atoms with E-state index in [0.717, 1.165) is 16.7 Å². The van der Waals surface area contributed by atoms with Gasteiger partial charge in [0.1, 0.15) is 18.0 Å². The highest BCUT2D eigenvalue weighted by Gasteiger charge is 2.40. The Hall–Kier alpha value is -3.72. The van der Waals surface area contributed by atoms with Crippen molar-refractivity contribution < 1.29 is 42.5 Å². The molecule has 0 saturated heterocycles. The third kappa shape index (κ3) is 4.64. The van der Waals surface area contributed by atoms with E-state index in [1.54, 1.807) is 39.5 Å². The molecule has 2 aliphatic rings. The Morgan fingerprint density at radius 3 is 2.49 bits per heavy atom. The molecular weight excluding hydrogens is 454 g/mol. The topological polar surface area (TPSA) is 89.5 Å². The summed E-state index contributed by atoms with van der Waals surface area (Å²) < 4.78 is 33.2. The lowest BCUT2D eigenvalue weighted by Crippen LogP contribution is -2.51. The zero-order valence-electron chi connectivity index (χ0n) is 20.6. The van der Waals surface area contributed by atoms with Crippen molar-refractivity contribution in [2.24, 2.45) is 0 Å². The molecule has 2 aliphatic heterocycles. The fraction of sp³-hybridized carbons (Fsp3) is 0.385. The average Bonchev–Trinajstić information content (AvgIpc) is 3.34. The lowest BCUT2D eigenvalue weighted by atomic mass is 9.88. The summed E-state index contributed by atoms with van der Waals surface area (Å²) in [4.78, 5) is 25.6. The summed E-state index contributed by atoms with van der Waals surface area (Å²) in [6, 6.07) is 5.38. The number of carbonyl (C=O) groups excluding carboxylic acids is 2. The highest BCUT2D eigenvalue weighted by Crippen LogP contribution is 2.50. The van der Waals surface area contributed by atoms with Gasteiger partial charge in [0.15, 0.2) is 23.8 Å². The first-order valence-corrected chi connectivity index (χ1v) is 11.2. The third-order valence-electron chi connectivity index (χ3n) is 6.47. The monoisotopic (exact) mass is 484 g/mol. The predicted molar refractivity (Wildman–Crippen MR) is 127 cm³/mol. The minimum atomic E-state index is -0.289. The molecule has 35 heavy (non-hydrogen) atoms. The molecule has 9 nitrogen and oxygen atoms in total. The van der Waals surface area contributed by atoms with E-state index in [2.05, 4.69) is 0 Å². The van der Waals surface area contributed by atoms with Crippen molar-refractivity contribution in [1.29, 1.82) is 0 Å². The fourth-order valence-electron chi connectivity index (χ4n) is 4.67. The Kier molecular flexibility index (Phi) is 6.88. The van der Waals surface area contributed by atoms with Crippen LogP contribution in [0.25, 0.3) is 6.08 Å². The van der Waals surface area contributed by atoms with Crippen LogP contribution in [-0.2, 0) is 22.5 Å². The van der Waals surface area contributed by atoms with E-state index in [1.807, 2.05) is 13.1 Å². The number of nitrogens with zero attached hydrogens (tertiary/aromatic N) is 1. The summed E-state index contributed by atoms with van der Waals surface area (Å²) in [6.07, 6.45) is 3.78. The van der Waals surface area contributed by atoms with Crippen LogP contribution < -0.4 is 23.7 Å². The molecule has 2 heterocycles. The number of hydrogen-bond acceptors (Lipinski definition) is 8. The first-order valence-electron chi connectivity index (χ1n) is 11.2. The number of fused-ring (bicyclic) bond motifs is 2. The van der Waals surface area contributed by atoms with E-state index < -0.39 is 0 Å². The van der Waals surface area contributed by atoms with E-state index in [0.29, 0.717) is 58.3 Å². The van der Waals surface area contributed by atoms with Crippen molar-refractivity contribution in [3.8, 4) is 28.7 Å². The summed E-state index contributed by atoms with van der Waals surface area (Å²) in [7, 11) is 8.08. The van der Waals surface area contributed by atoms with Crippen molar-refractivity contribution in [2.45, 2.75) is 13.0 Å². The van der Waals surface area contributed by atoms with Gasteiger partial charge < -0.3 is 32.9 Å². The van der Waals surface area contributed by atoms with Crippen molar-refractivity contribution in [2.75, 3.05) is 55.4 Å². The van der Waals surface area contributed by atoms with Crippen LogP contribution in [0.2, 0.25) is 0 Å². The van der Waals surface area contributed by atoms with Gasteiger partial charge in [0.25, 0.3) is 0 Å². The summed E-state index contributed by atoms with van der Waals surface area (Å²) in [5.41, 5.74) is 2.89. The van der Waals surface area contributed by atoms with E-state index >= 15 is 0 Å². The Morgan fingerprint density at radius 1 is 1.03 bits per heavy atom. The first-order chi connectivity index (χ1) is 16.8. The number of ether oxygens (including phenoxy) is 6. The molecule has 0 unspecified atom stereocenters. The van der Waals surface area contributed by atoms with Gasteiger partial charge in [-0.15, -0.1) is 0 Å². The van der Waals surface area contributed by atoms with Gasteiger partial charge in [0.2, 0.25) is 12.5 Å². The fourth-order valence-corrected chi connectivity index (χ4v) is 4.67. The molecule has 0 saturated carbocycles. The predicted octanol–water partition coefficient (Wildman–Crippen LogP) is 3.01. The molecule has 0 bridgehead atoms. The number of benzene rings is 2. The second kappa shape index (κ2) is 9.87. The Bertz CT molecular complexity index is 1190. The van der Waals surface area contributed by atoms with Gasteiger partial charge in [0.05, 0.1) is 53.2 Å². The minimum absolute atomic E-state index is 0.000824. The van der Waals surface area contributed by atoms with Crippen molar-refractivity contribution in [1.82, 2.24) is 0 Å². The molecule has 9 heteroatoms. The molecule has 0 fully saturated rings. The van der Waals surface area contributed by atoms with E-state index in [4.69, 9.17) is 28.4 Å². The third-order valence-corrected chi connectivity index (χ3v) is 6.47. The Labute approximate surface area is 204 Å². The van der Waals surface area contributed by atoms with Gasteiger partial charge in [-0.3, -0.25) is 4.79 Å². The molecule has 0 radical (unpaired) electrons. The lowest BCUT2D eigenvalue weighted by molar-refractivity contribution is -0.917. The number of carbonyl (C=O) groups is 2. The highest BCUT2D eigenvalue weighted by atomic mass is 16.7. The number of methoxy groups -OCH3 is 4. The van der Waals surface area contributed by atoms with Crippen LogP contribution in [0.1, 0.15) is 27.0 Å². The zero-order chi connectivity index (χ0) is 25.2. The van der Waals surface area contributed by atoms with E-state index in [1.165, 1.54) is 13.2 Å². The number of quaternary nitrogens is 1. The van der Waals surface area contributed by atoms with E-state index in [9.17, 15) is 9.59 Å². The van der Waals surface area contributed by atoms with Crippen LogP contribution in [0.3, 0.4) is 0 Å². The molecule has 2 aromatic rings. The SMILES string of the molecule is COC(=O)C[N@+]1(C)CCc2c(c(OC)c3c(c2C(=O)/C=C/c2ccc(OC)cc2OC)OCO3)C1. The van der Waals surface area contributed by atoms with E-state index in [-0.39, 0.29) is 25.1 Å². The highest BCUT2D eigenvalue weighted by molar-refractivity contribution is 6.11. The largest absolute Gasteiger partial charge is 0.497 e. The van der Waals surface area contributed by atoms with Crippen LogP contribution in [0.4, 0.5) is 0 Å². The van der Waals surface area contributed by atoms with Crippen LogP contribution in [0.5, 0.6) is 28.7 Å². The summed E-state index contributed by atoms with van der Waals surface area (Å²) in [5, 5.41) is 0. The van der Waals surface area contributed by atoms with Gasteiger partial charge in [0, 0.05) is 18.1 Å². The molecule has 4 rings (SSSR count). The number of rotatable bonds is 8. The maximum atomic E-state index is 13.5. The molecule has 0 spiro atoms. The van der Waals surface area contributed by atoms with Gasteiger partial charge >= 0.3 is 5.97 Å². The molecule has 1 atom stereocenters. The number of allylic oxidation sites excluding steroid dienone is 1. The second-order valence-corrected chi connectivity index (χ2v) is 8.72. The normalized spacial score (nSPS) is 18.2. The average molecular weight is 485 g/mol. The van der Waals surface area contributed by atoms with Crippen LogP contribution in [-0.4, -0.2) is 71.6 Å². The van der Waals surface area contributed by atoms with Crippen molar-refractivity contribution in [3.05, 3.63) is 46.5 Å². The summed E-state index contributed by atoms with van der Waals surface area (Å²) >= 11 is 0. The molecule has 0 N–H and O–H groups in total. The minimum Gasteiger partial charge on any atom is -0.497 e. The molecule has 0 aliphatic carbocycles. The van der Waals surface area contributed by atoms with Crippen LogP contribution >= 0.6 is 0 Å². The van der Waals surface area contributed by atoms with Crippen LogP contribution in [0, 0.1) is 0 Å². The maximum Gasteiger partial charge on any atom is 0.361 e. The summed E-state index contributed by atoms with van der Waals surface area (Å²) in [5.74, 6) is 2.09. The van der Waals surface area contributed by atoms with Gasteiger partial charge in [-0.2, -0.15) is 0 Å². The number of esters is 1. The number of ketones is 1. The standard InChI is InChI=1S/C26H30NO8/c1-27(14-22(29)32-4)11-10-18-19(13-27)24(33-5)26-25(34-15-35-26)23(18)20(28)9-7-16-6-8-17(30-2)12-21(16)31-3/h6-9,12H,10-11,13-15H2,1-5H3/q+1/b9-7+/t27-/m1/s1. The van der Waals surface area contributed by atoms with Crippen molar-refractivity contribution >= 4 is 17.8 Å². The summed E-state index contributed by atoms with van der Waals surface area (Å²) in [6.45, 7) is 1.36. The molecular formula is C26H30NO8+.